The molecule has 2 N–H and O–H groups in total. The normalized spacial score (nSPS) is 32.2. The van der Waals surface area contributed by atoms with Crippen molar-refractivity contribution in [3.63, 3.8) is 0 Å². The summed E-state index contributed by atoms with van der Waals surface area (Å²) in [7, 11) is 0. The average molecular weight is 340 g/mol. The first kappa shape index (κ1) is 17.3. The van der Waals surface area contributed by atoms with Crippen LogP contribution >= 0.6 is 0 Å². The first-order valence-corrected chi connectivity index (χ1v) is 8.32. The number of nitrogens with zero attached hydrogens (tertiary/aromatic N) is 1. The Bertz CT molecular complexity index is 699. The topological polar surface area (TPSA) is 103 Å². The van der Waals surface area contributed by atoms with E-state index in [0.29, 0.717) is 18.8 Å². The standard InChI is InChI=1S/C16H24N2O6/c1-3-4-5-23-12-11-7-22-9-16(12,8-19)24-14(11)18-6-10(2)13(20)17-15(18)21/h6,11-12,14,19H,3-5,7-9H2,1-2H3,(H,17,20,21)/t11?,12-,14-,16+/m1/s1. The van der Waals surface area contributed by atoms with E-state index in [1.807, 2.05) is 0 Å². The van der Waals surface area contributed by atoms with Crippen molar-refractivity contribution in [3.05, 3.63) is 32.6 Å². The molecular weight excluding hydrogens is 316 g/mol. The van der Waals surface area contributed by atoms with Crippen LogP contribution in [0.1, 0.15) is 31.6 Å². The van der Waals surface area contributed by atoms with Gasteiger partial charge in [-0.1, -0.05) is 13.3 Å². The largest absolute Gasteiger partial charge is 0.393 e. The molecule has 2 aliphatic heterocycles. The van der Waals surface area contributed by atoms with Crippen molar-refractivity contribution < 1.29 is 19.3 Å². The third-order valence-corrected chi connectivity index (χ3v) is 4.77. The number of aliphatic hydroxyl groups is 1. The first-order chi connectivity index (χ1) is 11.5. The van der Waals surface area contributed by atoms with Gasteiger partial charge in [0.15, 0.2) is 0 Å². The number of unbranched alkanes of at least 4 members (excludes halogenated alkanes) is 1. The Morgan fingerprint density at radius 3 is 3.00 bits per heavy atom. The highest BCUT2D eigenvalue weighted by molar-refractivity contribution is 5.07. The lowest BCUT2D eigenvalue weighted by Gasteiger charge is -2.37. The zero-order valence-electron chi connectivity index (χ0n) is 14.0. The molecule has 2 saturated heterocycles. The molecule has 0 aromatic carbocycles. The Morgan fingerprint density at radius 1 is 1.50 bits per heavy atom. The molecular formula is C16H24N2O6. The average Bonchev–Trinajstić information content (AvgIpc) is 2.74. The summed E-state index contributed by atoms with van der Waals surface area (Å²) >= 11 is 0. The van der Waals surface area contributed by atoms with Gasteiger partial charge in [-0.25, -0.2) is 4.79 Å². The molecule has 0 radical (unpaired) electrons. The van der Waals surface area contributed by atoms with Crippen molar-refractivity contribution in [3.8, 4) is 0 Å². The number of aliphatic hydroxyl groups excluding tert-OH is 1. The van der Waals surface area contributed by atoms with Gasteiger partial charge in [0.2, 0.25) is 0 Å². The maximum atomic E-state index is 12.2. The van der Waals surface area contributed by atoms with Gasteiger partial charge in [-0.3, -0.25) is 14.3 Å². The second-order valence-corrected chi connectivity index (χ2v) is 6.53. The van der Waals surface area contributed by atoms with E-state index in [1.165, 1.54) is 10.8 Å². The number of hydrogen-bond donors (Lipinski definition) is 2. The third kappa shape index (κ3) is 2.83. The van der Waals surface area contributed by atoms with Gasteiger partial charge in [-0.05, 0) is 13.3 Å². The number of aryl methyl sites for hydroxylation is 1. The summed E-state index contributed by atoms with van der Waals surface area (Å²) in [5, 5.41) is 9.90. The number of ether oxygens (including phenoxy) is 3. The molecule has 1 aromatic rings. The maximum Gasteiger partial charge on any atom is 0.330 e. The first-order valence-electron chi connectivity index (χ1n) is 8.32. The SMILES string of the molecule is CCCCO[C@@H]1C2COC[C@]1(CO)O[C@H]2n1cc(C)c(=O)[nH]c1=O. The van der Waals surface area contributed by atoms with E-state index < -0.39 is 23.1 Å². The van der Waals surface area contributed by atoms with Crippen LogP contribution in [0.2, 0.25) is 0 Å². The van der Waals surface area contributed by atoms with Crippen molar-refractivity contribution in [1.82, 2.24) is 9.55 Å². The lowest BCUT2D eigenvalue weighted by Crippen LogP contribution is -2.54. The Labute approximate surface area is 139 Å². The molecule has 0 spiro atoms. The Kier molecular flexibility index (Phi) is 4.91. The van der Waals surface area contributed by atoms with Crippen molar-refractivity contribution in [2.24, 2.45) is 5.92 Å². The molecule has 3 heterocycles. The van der Waals surface area contributed by atoms with Crippen LogP contribution in [0.25, 0.3) is 0 Å². The van der Waals surface area contributed by atoms with Crippen molar-refractivity contribution in [2.75, 3.05) is 26.4 Å². The predicted octanol–water partition coefficient (Wildman–Crippen LogP) is -0.0634. The molecule has 2 fully saturated rings. The molecule has 3 rings (SSSR count). The monoisotopic (exact) mass is 340 g/mol. The second kappa shape index (κ2) is 6.79. The van der Waals surface area contributed by atoms with Gasteiger partial charge in [0, 0.05) is 18.4 Å². The molecule has 1 unspecified atom stereocenters. The summed E-state index contributed by atoms with van der Waals surface area (Å²) in [4.78, 5) is 26.1. The number of aromatic amines is 1. The lowest BCUT2D eigenvalue weighted by molar-refractivity contribution is -0.179. The number of aromatic nitrogens is 2. The third-order valence-electron chi connectivity index (χ3n) is 4.77. The minimum absolute atomic E-state index is 0.213. The highest BCUT2D eigenvalue weighted by atomic mass is 16.6. The van der Waals surface area contributed by atoms with Gasteiger partial charge in [0.25, 0.3) is 5.56 Å². The lowest BCUT2D eigenvalue weighted by atomic mass is 9.88. The van der Waals surface area contributed by atoms with E-state index in [4.69, 9.17) is 14.2 Å². The van der Waals surface area contributed by atoms with E-state index in [0.717, 1.165) is 12.8 Å². The second-order valence-electron chi connectivity index (χ2n) is 6.53. The quantitative estimate of drug-likeness (QED) is 0.703. The van der Waals surface area contributed by atoms with Crippen LogP contribution in [0.4, 0.5) is 0 Å². The molecule has 0 amide bonds. The van der Waals surface area contributed by atoms with Crippen LogP contribution < -0.4 is 11.2 Å². The molecule has 1 aromatic heterocycles. The molecule has 24 heavy (non-hydrogen) atoms. The van der Waals surface area contributed by atoms with Gasteiger partial charge < -0.3 is 19.3 Å². The molecule has 8 heteroatoms. The molecule has 2 bridgehead atoms. The molecule has 0 aliphatic carbocycles. The number of H-pyrrole nitrogens is 1. The van der Waals surface area contributed by atoms with Crippen LogP contribution in [0, 0.1) is 12.8 Å². The summed E-state index contributed by atoms with van der Waals surface area (Å²) in [6.07, 6.45) is 2.40. The predicted molar refractivity (Wildman–Crippen MR) is 85.0 cm³/mol. The van der Waals surface area contributed by atoms with E-state index in [1.54, 1.807) is 6.92 Å². The van der Waals surface area contributed by atoms with Gasteiger partial charge >= 0.3 is 5.69 Å². The Morgan fingerprint density at radius 2 is 2.29 bits per heavy atom. The number of fused-ring (bicyclic) bond motifs is 2. The van der Waals surface area contributed by atoms with Crippen LogP contribution in [0.5, 0.6) is 0 Å². The van der Waals surface area contributed by atoms with Gasteiger partial charge in [0.1, 0.15) is 17.9 Å². The fraction of sp³-hybridized carbons (Fsp3) is 0.750. The summed E-state index contributed by atoms with van der Waals surface area (Å²) < 4.78 is 19.0. The zero-order chi connectivity index (χ0) is 17.3. The van der Waals surface area contributed by atoms with E-state index in [-0.39, 0.29) is 25.2 Å². The minimum Gasteiger partial charge on any atom is -0.393 e. The highest BCUT2D eigenvalue weighted by Crippen LogP contribution is 2.46. The molecule has 0 saturated carbocycles. The van der Waals surface area contributed by atoms with Crippen LogP contribution in [-0.4, -0.2) is 52.8 Å². The summed E-state index contributed by atoms with van der Waals surface area (Å²) in [5.74, 6) is -0.231. The van der Waals surface area contributed by atoms with E-state index >= 15 is 0 Å². The smallest absolute Gasteiger partial charge is 0.330 e. The Balaban J connectivity index is 1.95. The molecule has 134 valence electrons. The van der Waals surface area contributed by atoms with Crippen molar-refractivity contribution in [1.29, 1.82) is 0 Å². The fourth-order valence-electron chi connectivity index (χ4n) is 3.43. The number of nitrogens with one attached hydrogen (secondary N) is 1. The minimum atomic E-state index is -0.981. The van der Waals surface area contributed by atoms with E-state index in [9.17, 15) is 14.7 Å². The summed E-state index contributed by atoms with van der Waals surface area (Å²) in [6, 6.07) is 0. The van der Waals surface area contributed by atoms with Crippen LogP contribution in [-0.2, 0) is 14.2 Å². The van der Waals surface area contributed by atoms with Crippen molar-refractivity contribution in [2.45, 2.75) is 44.6 Å². The summed E-state index contributed by atoms with van der Waals surface area (Å²) in [6.45, 7) is 4.59. The molecule has 8 nitrogen and oxygen atoms in total. The van der Waals surface area contributed by atoms with E-state index in [2.05, 4.69) is 11.9 Å². The zero-order valence-corrected chi connectivity index (χ0v) is 14.0. The highest BCUT2D eigenvalue weighted by Gasteiger charge is 2.59. The van der Waals surface area contributed by atoms with Gasteiger partial charge in [0.05, 0.1) is 25.7 Å². The maximum absolute atomic E-state index is 12.2. The van der Waals surface area contributed by atoms with Gasteiger partial charge in [-0.2, -0.15) is 0 Å². The molecule has 2 aliphatic rings. The van der Waals surface area contributed by atoms with Gasteiger partial charge in [-0.15, -0.1) is 0 Å². The van der Waals surface area contributed by atoms with Crippen LogP contribution in [0.15, 0.2) is 15.8 Å². The fourth-order valence-corrected chi connectivity index (χ4v) is 3.43. The molecule has 4 atom stereocenters. The Hall–Kier alpha value is -1.48. The van der Waals surface area contributed by atoms with Crippen LogP contribution in [0.3, 0.4) is 0 Å². The number of hydrogen-bond acceptors (Lipinski definition) is 6. The summed E-state index contributed by atoms with van der Waals surface area (Å²) in [5.41, 5.74) is -1.52. The van der Waals surface area contributed by atoms with Crippen molar-refractivity contribution >= 4 is 0 Å². The number of rotatable bonds is 6.